The van der Waals surface area contributed by atoms with Crippen LogP contribution in [0.2, 0.25) is 0 Å². The first-order chi connectivity index (χ1) is 9.58. The smallest absolute Gasteiger partial charge is 0.161 e. The third kappa shape index (κ3) is 2.97. The van der Waals surface area contributed by atoms with Crippen LogP contribution >= 0.6 is 15.9 Å². The monoisotopic (exact) mass is 339 g/mol. The van der Waals surface area contributed by atoms with Crippen molar-refractivity contribution < 1.29 is 4.39 Å². The van der Waals surface area contributed by atoms with Crippen molar-refractivity contribution in [3.8, 4) is 6.07 Å². The molecule has 0 amide bonds. The molecule has 0 aromatic heterocycles. The van der Waals surface area contributed by atoms with Crippen molar-refractivity contribution in [3.05, 3.63) is 28.0 Å². The summed E-state index contributed by atoms with van der Waals surface area (Å²) < 4.78 is 14.8. The molecule has 1 unspecified atom stereocenters. The summed E-state index contributed by atoms with van der Waals surface area (Å²) in [5.74, 6) is -0.327. The predicted molar refractivity (Wildman–Crippen MR) is 82.4 cm³/mol. The maximum absolute atomic E-state index is 14.5. The van der Waals surface area contributed by atoms with Crippen molar-refractivity contribution in [1.82, 2.24) is 4.90 Å². The highest BCUT2D eigenvalue weighted by atomic mass is 79.9. The standard InChI is InChI=1S/C15H19BrFN3/c1-3-12-10-19(2)7-4-8-20(12)13-6-5-11(9-18)14(16)15(13)17/h5-6,12H,3-4,7-8,10H2,1-2H3. The summed E-state index contributed by atoms with van der Waals surface area (Å²) in [4.78, 5) is 4.44. The van der Waals surface area contributed by atoms with Gasteiger partial charge >= 0.3 is 0 Å². The van der Waals surface area contributed by atoms with Crippen molar-refractivity contribution in [2.24, 2.45) is 0 Å². The van der Waals surface area contributed by atoms with Crippen LogP contribution in [0.4, 0.5) is 10.1 Å². The zero-order valence-electron chi connectivity index (χ0n) is 11.9. The topological polar surface area (TPSA) is 30.3 Å². The molecule has 0 spiro atoms. The first-order valence-electron chi connectivity index (χ1n) is 6.91. The second-order valence-electron chi connectivity index (χ2n) is 5.24. The molecule has 0 N–H and O–H groups in total. The summed E-state index contributed by atoms with van der Waals surface area (Å²) in [7, 11) is 2.11. The van der Waals surface area contributed by atoms with Crippen molar-refractivity contribution in [2.45, 2.75) is 25.8 Å². The molecule has 1 aromatic rings. The summed E-state index contributed by atoms with van der Waals surface area (Å²) in [6.07, 6.45) is 1.99. The number of likely N-dealkylation sites (N-methyl/N-ethyl adjacent to an activating group) is 1. The fourth-order valence-corrected chi connectivity index (χ4v) is 3.18. The molecular formula is C15H19BrFN3. The molecule has 1 aliphatic heterocycles. The molecule has 108 valence electrons. The van der Waals surface area contributed by atoms with E-state index in [4.69, 9.17) is 5.26 Å². The van der Waals surface area contributed by atoms with E-state index in [9.17, 15) is 4.39 Å². The zero-order chi connectivity index (χ0) is 14.7. The molecule has 5 heteroatoms. The number of halogens is 2. The number of rotatable bonds is 2. The quantitative estimate of drug-likeness (QED) is 0.827. The van der Waals surface area contributed by atoms with Crippen LogP contribution in [-0.2, 0) is 0 Å². The van der Waals surface area contributed by atoms with Gasteiger partial charge in [-0.25, -0.2) is 4.39 Å². The largest absolute Gasteiger partial charge is 0.365 e. The highest BCUT2D eigenvalue weighted by molar-refractivity contribution is 9.10. The van der Waals surface area contributed by atoms with Gasteiger partial charge in [-0.2, -0.15) is 5.26 Å². The van der Waals surface area contributed by atoms with Crippen molar-refractivity contribution in [3.63, 3.8) is 0 Å². The molecule has 1 saturated heterocycles. The first-order valence-corrected chi connectivity index (χ1v) is 7.71. The fourth-order valence-electron chi connectivity index (χ4n) is 2.76. The Bertz CT molecular complexity index is 527. The number of hydrogen-bond acceptors (Lipinski definition) is 3. The fraction of sp³-hybridized carbons (Fsp3) is 0.533. The van der Waals surface area contributed by atoms with Crippen LogP contribution in [0.1, 0.15) is 25.3 Å². The summed E-state index contributed by atoms with van der Waals surface area (Å²) in [6.45, 7) is 4.95. The molecule has 0 radical (unpaired) electrons. The van der Waals surface area contributed by atoms with Crippen LogP contribution in [-0.4, -0.2) is 37.6 Å². The van der Waals surface area contributed by atoms with Crippen LogP contribution in [0, 0.1) is 17.1 Å². The lowest BCUT2D eigenvalue weighted by Crippen LogP contribution is -2.40. The highest BCUT2D eigenvalue weighted by Gasteiger charge is 2.25. The van der Waals surface area contributed by atoms with Gasteiger partial charge in [-0.05, 0) is 54.5 Å². The van der Waals surface area contributed by atoms with Gasteiger partial charge in [-0.15, -0.1) is 0 Å². The number of nitrogens with zero attached hydrogens (tertiary/aromatic N) is 3. The third-order valence-electron chi connectivity index (χ3n) is 3.87. The van der Waals surface area contributed by atoms with E-state index in [2.05, 4.69) is 39.7 Å². The zero-order valence-corrected chi connectivity index (χ0v) is 13.5. The average molecular weight is 340 g/mol. The Kier molecular flexibility index (Phi) is 5.00. The molecule has 1 atom stereocenters. The van der Waals surface area contributed by atoms with Crippen LogP contribution in [0.15, 0.2) is 16.6 Å². The lowest BCUT2D eigenvalue weighted by molar-refractivity contribution is 0.327. The Morgan fingerprint density at radius 3 is 2.85 bits per heavy atom. The van der Waals surface area contributed by atoms with Crippen LogP contribution in [0.5, 0.6) is 0 Å². The van der Waals surface area contributed by atoms with E-state index in [0.29, 0.717) is 17.3 Å². The van der Waals surface area contributed by atoms with E-state index >= 15 is 0 Å². The minimum absolute atomic E-state index is 0.268. The van der Waals surface area contributed by atoms with Crippen LogP contribution in [0.3, 0.4) is 0 Å². The van der Waals surface area contributed by atoms with Crippen molar-refractivity contribution >= 4 is 21.6 Å². The molecule has 2 rings (SSSR count). The maximum Gasteiger partial charge on any atom is 0.161 e. The highest BCUT2D eigenvalue weighted by Crippen LogP contribution is 2.31. The van der Waals surface area contributed by atoms with Crippen LogP contribution < -0.4 is 4.90 Å². The molecule has 1 aromatic carbocycles. The molecule has 1 aliphatic rings. The van der Waals surface area contributed by atoms with Crippen molar-refractivity contribution in [2.75, 3.05) is 31.6 Å². The molecule has 1 heterocycles. The Balaban J connectivity index is 2.38. The minimum Gasteiger partial charge on any atom is -0.365 e. The number of nitriles is 1. The average Bonchev–Trinajstić information content (AvgIpc) is 2.63. The Morgan fingerprint density at radius 2 is 2.20 bits per heavy atom. The molecular weight excluding hydrogens is 321 g/mol. The Morgan fingerprint density at radius 1 is 1.45 bits per heavy atom. The summed E-state index contributed by atoms with van der Waals surface area (Å²) in [5.41, 5.74) is 0.935. The van der Waals surface area contributed by atoms with Gasteiger partial charge in [-0.1, -0.05) is 6.92 Å². The van der Waals surface area contributed by atoms with Gasteiger partial charge in [0.2, 0.25) is 0 Å². The molecule has 0 saturated carbocycles. The molecule has 3 nitrogen and oxygen atoms in total. The van der Waals surface area contributed by atoms with Crippen LogP contribution in [0.25, 0.3) is 0 Å². The minimum atomic E-state index is -0.327. The molecule has 20 heavy (non-hydrogen) atoms. The van der Waals surface area contributed by atoms with E-state index < -0.39 is 0 Å². The van der Waals surface area contributed by atoms with E-state index in [-0.39, 0.29) is 10.3 Å². The molecule has 1 fully saturated rings. The number of hydrogen-bond donors (Lipinski definition) is 0. The van der Waals surface area contributed by atoms with Gasteiger partial charge in [0, 0.05) is 19.1 Å². The summed E-state index contributed by atoms with van der Waals surface area (Å²) in [6, 6.07) is 5.71. The molecule has 0 aliphatic carbocycles. The van der Waals surface area contributed by atoms with Gasteiger partial charge in [-0.3, -0.25) is 0 Å². The van der Waals surface area contributed by atoms with Gasteiger partial charge in [0.25, 0.3) is 0 Å². The lowest BCUT2D eigenvalue weighted by atomic mass is 10.1. The predicted octanol–water partition coefficient (Wildman–Crippen LogP) is 3.38. The van der Waals surface area contributed by atoms with E-state index in [1.54, 1.807) is 12.1 Å². The van der Waals surface area contributed by atoms with Gasteiger partial charge < -0.3 is 9.80 Å². The number of anilines is 1. The van der Waals surface area contributed by atoms with Gasteiger partial charge in [0.1, 0.15) is 6.07 Å². The van der Waals surface area contributed by atoms with Crippen molar-refractivity contribution in [1.29, 1.82) is 5.26 Å². The number of benzene rings is 1. The first kappa shape index (κ1) is 15.3. The van der Waals surface area contributed by atoms with E-state index in [1.807, 2.05) is 6.07 Å². The second kappa shape index (κ2) is 6.55. The van der Waals surface area contributed by atoms with E-state index in [1.165, 1.54) is 0 Å². The Labute approximate surface area is 128 Å². The van der Waals surface area contributed by atoms with E-state index in [0.717, 1.165) is 32.5 Å². The van der Waals surface area contributed by atoms with Gasteiger partial charge in [0.05, 0.1) is 15.7 Å². The Hall–Kier alpha value is -1.12. The molecule has 0 bridgehead atoms. The maximum atomic E-state index is 14.5. The lowest BCUT2D eigenvalue weighted by Gasteiger charge is -2.32. The summed E-state index contributed by atoms with van der Waals surface area (Å²) in [5, 5.41) is 8.96. The summed E-state index contributed by atoms with van der Waals surface area (Å²) >= 11 is 3.20. The van der Waals surface area contributed by atoms with Gasteiger partial charge in [0.15, 0.2) is 5.82 Å². The third-order valence-corrected chi connectivity index (χ3v) is 4.64. The SMILES string of the molecule is CCC1CN(C)CCCN1c1ccc(C#N)c(Br)c1F. The second-order valence-corrected chi connectivity index (χ2v) is 6.04. The normalized spacial score (nSPS) is 20.6.